The molecule has 0 aliphatic rings. The highest BCUT2D eigenvalue weighted by Crippen LogP contribution is 2.09. The van der Waals surface area contributed by atoms with Crippen molar-refractivity contribution in [3.05, 3.63) is 18.2 Å². The molecule has 1 heterocycles. The van der Waals surface area contributed by atoms with E-state index in [1.54, 1.807) is 6.20 Å². The number of hydrogen-bond acceptors (Lipinski definition) is 7. The fourth-order valence-electron chi connectivity index (χ4n) is 3.46. The molecule has 1 aromatic rings. The molecule has 0 aromatic carbocycles. The predicted octanol–water partition coefficient (Wildman–Crippen LogP) is 0.664. The van der Waals surface area contributed by atoms with Gasteiger partial charge in [-0.15, -0.1) is 0 Å². The summed E-state index contributed by atoms with van der Waals surface area (Å²) in [5, 5.41) is 17.4. The Hall–Kier alpha value is -2.60. The number of aromatic amines is 1. The molecular formula is C23H40N6O5S. The zero-order valence-corrected chi connectivity index (χ0v) is 22.0. The number of carbonyl (C=O) groups excluding carboxylic acids is 3. The quantitative estimate of drug-likeness (QED) is 0.187. The van der Waals surface area contributed by atoms with Crippen LogP contribution in [-0.2, 0) is 25.6 Å². The molecule has 1 rings (SSSR count). The van der Waals surface area contributed by atoms with E-state index in [0.717, 1.165) is 0 Å². The number of nitrogens with one attached hydrogen (secondary N) is 4. The molecule has 0 spiro atoms. The summed E-state index contributed by atoms with van der Waals surface area (Å²) in [4.78, 5) is 57.3. The monoisotopic (exact) mass is 512 g/mol. The first kappa shape index (κ1) is 30.4. The van der Waals surface area contributed by atoms with Crippen molar-refractivity contribution in [2.45, 2.75) is 77.5 Å². The van der Waals surface area contributed by atoms with Crippen molar-refractivity contribution in [1.29, 1.82) is 0 Å². The number of imidazole rings is 1. The molecule has 0 saturated carbocycles. The number of aromatic nitrogens is 2. The molecule has 11 nitrogen and oxygen atoms in total. The molecule has 0 aliphatic heterocycles. The molecule has 198 valence electrons. The maximum atomic E-state index is 13.2. The molecular weight excluding hydrogens is 472 g/mol. The average Bonchev–Trinajstić information content (AvgIpc) is 3.27. The lowest BCUT2D eigenvalue weighted by Crippen LogP contribution is -2.57. The lowest BCUT2D eigenvalue weighted by Gasteiger charge is -2.25. The van der Waals surface area contributed by atoms with E-state index in [9.17, 15) is 24.3 Å². The van der Waals surface area contributed by atoms with Gasteiger partial charge in [-0.05, 0) is 43.1 Å². The van der Waals surface area contributed by atoms with Gasteiger partial charge in [0, 0.05) is 18.3 Å². The minimum absolute atomic E-state index is 0.0553. The predicted molar refractivity (Wildman–Crippen MR) is 136 cm³/mol. The summed E-state index contributed by atoms with van der Waals surface area (Å²) in [6.45, 7) is 7.62. The van der Waals surface area contributed by atoms with Crippen LogP contribution in [0.3, 0.4) is 0 Å². The standard InChI is InChI=1S/C23H40N6O5S/c1-13(2)8-16(24)20(30)28-18(10-15-11-25-12-26-15)22(32)27-17(6-7-35-5)21(31)29-19(23(33)34)9-14(3)4/h11-14,16-19H,6-10,24H2,1-5H3,(H,25,26)(H,27,32)(H,28,30)(H,29,31)(H,33,34). The van der Waals surface area contributed by atoms with Gasteiger partial charge < -0.3 is 31.8 Å². The van der Waals surface area contributed by atoms with Crippen molar-refractivity contribution in [3.63, 3.8) is 0 Å². The van der Waals surface area contributed by atoms with Gasteiger partial charge in [-0.3, -0.25) is 14.4 Å². The smallest absolute Gasteiger partial charge is 0.326 e. The van der Waals surface area contributed by atoms with Crippen LogP contribution in [0.2, 0.25) is 0 Å². The number of carbonyl (C=O) groups is 4. The summed E-state index contributed by atoms with van der Waals surface area (Å²) < 4.78 is 0. The number of nitrogens with two attached hydrogens (primary N) is 1. The number of carboxylic acid groups (broad SMARTS) is 1. The highest BCUT2D eigenvalue weighted by molar-refractivity contribution is 7.98. The Morgan fingerprint density at radius 1 is 0.971 bits per heavy atom. The van der Waals surface area contributed by atoms with Gasteiger partial charge in [-0.25, -0.2) is 9.78 Å². The van der Waals surface area contributed by atoms with E-state index in [0.29, 0.717) is 24.3 Å². The fraction of sp³-hybridized carbons (Fsp3) is 0.696. The first-order valence-corrected chi connectivity index (χ1v) is 13.2. The lowest BCUT2D eigenvalue weighted by atomic mass is 10.0. The van der Waals surface area contributed by atoms with Crippen LogP contribution in [0.4, 0.5) is 0 Å². The minimum atomic E-state index is -1.13. The molecule has 12 heteroatoms. The van der Waals surface area contributed by atoms with Crippen LogP contribution in [-0.4, -0.2) is 74.9 Å². The highest BCUT2D eigenvalue weighted by atomic mass is 32.2. The second-order valence-electron chi connectivity index (χ2n) is 9.45. The SMILES string of the molecule is CSCCC(NC(=O)C(Cc1cnc[nH]1)NC(=O)C(N)CC(C)C)C(=O)NC(CC(C)C)C(=O)O. The van der Waals surface area contributed by atoms with Crippen LogP contribution in [0.1, 0.15) is 52.7 Å². The highest BCUT2D eigenvalue weighted by Gasteiger charge is 2.31. The van der Waals surface area contributed by atoms with Crippen LogP contribution in [0.15, 0.2) is 12.5 Å². The van der Waals surface area contributed by atoms with E-state index in [4.69, 9.17) is 5.73 Å². The number of H-pyrrole nitrogens is 1. The number of nitrogens with zero attached hydrogens (tertiary/aromatic N) is 1. The van der Waals surface area contributed by atoms with E-state index in [-0.39, 0.29) is 24.7 Å². The number of aliphatic carboxylic acids is 1. The third kappa shape index (κ3) is 11.6. The summed E-state index contributed by atoms with van der Waals surface area (Å²) >= 11 is 1.50. The zero-order valence-electron chi connectivity index (χ0n) is 21.2. The Kier molecular flexibility index (Phi) is 13.4. The molecule has 35 heavy (non-hydrogen) atoms. The summed E-state index contributed by atoms with van der Waals surface area (Å²) in [6.07, 6.45) is 6.01. The van der Waals surface area contributed by atoms with Crippen molar-refractivity contribution in [1.82, 2.24) is 25.9 Å². The maximum Gasteiger partial charge on any atom is 0.326 e. The van der Waals surface area contributed by atoms with Gasteiger partial charge in [0.05, 0.1) is 12.4 Å². The molecule has 1 aromatic heterocycles. The molecule has 4 atom stereocenters. The van der Waals surface area contributed by atoms with Crippen LogP contribution in [0.25, 0.3) is 0 Å². The number of rotatable bonds is 16. The van der Waals surface area contributed by atoms with Crippen LogP contribution >= 0.6 is 11.8 Å². The molecule has 0 aliphatic carbocycles. The number of thioether (sulfide) groups is 1. The third-order valence-corrected chi connectivity index (χ3v) is 5.88. The molecule has 3 amide bonds. The second-order valence-corrected chi connectivity index (χ2v) is 10.4. The Morgan fingerprint density at radius 2 is 1.54 bits per heavy atom. The third-order valence-electron chi connectivity index (χ3n) is 5.24. The Balaban J connectivity index is 3.02. The Morgan fingerprint density at radius 3 is 2.06 bits per heavy atom. The van der Waals surface area contributed by atoms with E-state index in [1.165, 1.54) is 18.1 Å². The van der Waals surface area contributed by atoms with E-state index >= 15 is 0 Å². The molecule has 0 saturated heterocycles. The van der Waals surface area contributed by atoms with Crippen molar-refractivity contribution in [2.24, 2.45) is 17.6 Å². The average molecular weight is 513 g/mol. The van der Waals surface area contributed by atoms with Crippen molar-refractivity contribution in [2.75, 3.05) is 12.0 Å². The van der Waals surface area contributed by atoms with Gasteiger partial charge >= 0.3 is 5.97 Å². The normalized spacial score (nSPS) is 14.7. The molecule has 7 N–H and O–H groups in total. The van der Waals surface area contributed by atoms with Gasteiger partial charge in [0.15, 0.2) is 0 Å². The largest absolute Gasteiger partial charge is 0.480 e. The van der Waals surface area contributed by atoms with Gasteiger partial charge in [-0.1, -0.05) is 27.7 Å². The summed E-state index contributed by atoms with van der Waals surface area (Å²) in [5.74, 6) is -1.93. The van der Waals surface area contributed by atoms with Crippen molar-refractivity contribution < 1.29 is 24.3 Å². The lowest BCUT2D eigenvalue weighted by molar-refractivity contribution is -0.142. The first-order chi connectivity index (χ1) is 16.4. The summed E-state index contributed by atoms with van der Waals surface area (Å²) in [7, 11) is 0. The first-order valence-electron chi connectivity index (χ1n) is 11.8. The van der Waals surface area contributed by atoms with E-state index in [1.807, 2.05) is 34.0 Å². The van der Waals surface area contributed by atoms with Gasteiger partial charge in [0.25, 0.3) is 0 Å². The second kappa shape index (κ2) is 15.4. The summed E-state index contributed by atoms with van der Waals surface area (Å²) in [5.41, 5.74) is 6.61. The van der Waals surface area contributed by atoms with Crippen molar-refractivity contribution >= 4 is 35.5 Å². The Labute approximate surface area is 211 Å². The summed E-state index contributed by atoms with van der Waals surface area (Å²) in [6, 6.07) is -3.81. The topological polar surface area (TPSA) is 179 Å². The molecule has 0 fully saturated rings. The van der Waals surface area contributed by atoms with Gasteiger partial charge in [-0.2, -0.15) is 11.8 Å². The maximum absolute atomic E-state index is 13.2. The fourth-order valence-corrected chi connectivity index (χ4v) is 3.93. The molecule has 0 radical (unpaired) electrons. The molecule has 4 unspecified atom stereocenters. The van der Waals surface area contributed by atoms with Gasteiger partial charge in [0.1, 0.15) is 18.1 Å². The zero-order chi connectivity index (χ0) is 26.5. The Bertz CT molecular complexity index is 817. The van der Waals surface area contributed by atoms with Crippen molar-refractivity contribution in [3.8, 4) is 0 Å². The van der Waals surface area contributed by atoms with E-state index in [2.05, 4.69) is 25.9 Å². The number of hydrogen-bond donors (Lipinski definition) is 6. The van der Waals surface area contributed by atoms with Gasteiger partial charge in [0.2, 0.25) is 17.7 Å². The number of carboxylic acids is 1. The molecule has 0 bridgehead atoms. The van der Waals surface area contributed by atoms with Crippen LogP contribution in [0.5, 0.6) is 0 Å². The van der Waals surface area contributed by atoms with Crippen LogP contribution < -0.4 is 21.7 Å². The number of amides is 3. The van der Waals surface area contributed by atoms with Crippen LogP contribution in [0, 0.1) is 11.8 Å². The van der Waals surface area contributed by atoms with E-state index < -0.39 is 47.9 Å². The minimum Gasteiger partial charge on any atom is -0.480 e.